The SMILES string of the molecule is C#CCN(Cc1ccccn1)C1CCN(C(=O)OC(C)(C)C)CC1. The number of rotatable bonds is 4. The van der Waals surface area contributed by atoms with Crippen LogP contribution in [0.25, 0.3) is 0 Å². The molecule has 0 aliphatic carbocycles. The Labute approximate surface area is 145 Å². The highest BCUT2D eigenvalue weighted by Gasteiger charge is 2.29. The van der Waals surface area contributed by atoms with Crippen LogP contribution in [0.15, 0.2) is 24.4 Å². The van der Waals surface area contributed by atoms with E-state index >= 15 is 0 Å². The lowest BCUT2D eigenvalue weighted by Crippen LogP contribution is -2.47. The van der Waals surface area contributed by atoms with E-state index in [9.17, 15) is 4.79 Å². The van der Waals surface area contributed by atoms with Crippen LogP contribution in [0.5, 0.6) is 0 Å². The molecule has 1 saturated heterocycles. The Morgan fingerprint density at radius 3 is 2.67 bits per heavy atom. The summed E-state index contributed by atoms with van der Waals surface area (Å²) in [6, 6.07) is 6.27. The van der Waals surface area contributed by atoms with Gasteiger partial charge in [-0.1, -0.05) is 12.0 Å². The molecular weight excluding hydrogens is 302 g/mol. The number of pyridine rings is 1. The Hall–Kier alpha value is -2.06. The van der Waals surface area contributed by atoms with Crippen molar-refractivity contribution in [1.29, 1.82) is 0 Å². The maximum absolute atomic E-state index is 12.2. The van der Waals surface area contributed by atoms with E-state index in [1.165, 1.54) is 0 Å². The summed E-state index contributed by atoms with van der Waals surface area (Å²) in [5.41, 5.74) is 0.560. The average molecular weight is 329 g/mol. The van der Waals surface area contributed by atoms with Crippen molar-refractivity contribution in [2.45, 2.75) is 51.8 Å². The van der Waals surface area contributed by atoms with E-state index in [1.54, 1.807) is 11.1 Å². The predicted octanol–water partition coefficient (Wildman–Crippen LogP) is 2.92. The van der Waals surface area contributed by atoms with E-state index in [4.69, 9.17) is 11.2 Å². The number of hydrogen-bond donors (Lipinski definition) is 0. The van der Waals surface area contributed by atoms with Gasteiger partial charge in [0.25, 0.3) is 0 Å². The monoisotopic (exact) mass is 329 g/mol. The highest BCUT2D eigenvalue weighted by molar-refractivity contribution is 5.68. The predicted molar refractivity (Wildman–Crippen MR) is 94.3 cm³/mol. The normalized spacial score (nSPS) is 16.0. The molecule has 2 heterocycles. The fourth-order valence-electron chi connectivity index (χ4n) is 2.87. The molecule has 130 valence electrons. The number of hydrogen-bond acceptors (Lipinski definition) is 4. The number of aromatic nitrogens is 1. The minimum Gasteiger partial charge on any atom is -0.444 e. The lowest BCUT2D eigenvalue weighted by molar-refractivity contribution is 0.0145. The number of terminal acetylenes is 1. The first-order chi connectivity index (χ1) is 11.4. The zero-order valence-corrected chi connectivity index (χ0v) is 14.9. The molecule has 0 unspecified atom stereocenters. The number of carbonyl (C=O) groups is 1. The highest BCUT2D eigenvalue weighted by Crippen LogP contribution is 2.20. The van der Waals surface area contributed by atoms with Crippen LogP contribution in [0, 0.1) is 12.3 Å². The number of carbonyl (C=O) groups excluding carboxylic acids is 1. The summed E-state index contributed by atoms with van der Waals surface area (Å²) in [6.45, 7) is 8.39. The summed E-state index contributed by atoms with van der Waals surface area (Å²) < 4.78 is 5.45. The zero-order valence-electron chi connectivity index (χ0n) is 14.9. The summed E-state index contributed by atoms with van der Waals surface area (Å²) in [4.78, 5) is 20.6. The summed E-state index contributed by atoms with van der Waals surface area (Å²) in [7, 11) is 0. The average Bonchev–Trinajstić information content (AvgIpc) is 2.54. The van der Waals surface area contributed by atoms with Gasteiger partial charge in [0, 0.05) is 31.9 Å². The Morgan fingerprint density at radius 1 is 1.42 bits per heavy atom. The van der Waals surface area contributed by atoms with Crippen molar-refractivity contribution >= 4 is 6.09 Å². The smallest absolute Gasteiger partial charge is 0.410 e. The van der Waals surface area contributed by atoms with Crippen molar-refractivity contribution in [2.75, 3.05) is 19.6 Å². The van der Waals surface area contributed by atoms with Gasteiger partial charge in [0.1, 0.15) is 5.60 Å². The van der Waals surface area contributed by atoms with Crippen molar-refractivity contribution in [3.8, 4) is 12.3 Å². The molecular formula is C19H27N3O2. The van der Waals surface area contributed by atoms with E-state index < -0.39 is 5.60 Å². The summed E-state index contributed by atoms with van der Waals surface area (Å²) in [5.74, 6) is 2.74. The first-order valence-electron chi connectivity index (χ1n) is 8.44. The van der Waals surface area contributed by atoms with Crippen LogP contribution < -0.4 is 0 Å². The van der Waals surface area contributed by atoms with Crippen molar-refractivity contribution in [3.63, 3.8) is 0 Å². The minimum absolute atomic E-state index is 0.228. The maximum Gasteiger partial charge on any atom is 0.410 e. The fourth-order valence-corrected chi connectivity index (χ4v) is 2.87. The lowest BCUT2D eigenvalue weighted by Gasteiger charge is -2.38. The second kappa shape index (κ2) is 8.16. The molecule has 1 aromatic heterocycles. The van der Waals surface area contributed by atoms with Gasteiger partial charge in [0.15, 0.2) is 0 Å². The largest absolute Gasteiger partial charge is 0.444 e. The van der Waals surface area contributed by atoms with Gasteiger partial charge in [0.2, 0.25) is 0 Å². The van der Waals surface area contributed by atoms with E-state index in [0.717, 1.165) is 25.1 Å². The molecule has 1 aliphatic heterocycles. The third-order valence-corrected chi connectivity index (χ3v) is 4.02. The molecule has 0 atom stereocenters. The summed E-state index contributed by atoms with van der Waals surface area (Å²) in [5, 5.41) is 0. The van der Waals surface area contributed by atoms with Gasteiger partial charge in [0.05, 0.1) is 12.2 Å². The van der Waals surface area contributed by atoms with Crippen LogP contribution in [0.4, 0.5) is 4.79 Å². The van der Waals surface area contributed by atoms with E-state index in [1.807, 2.05) is 39.0 Å². The Morgan fingerprint density at radius 2 is 2.12 bits per heavy atom. The number of piperidine rings is 1. The third-order valence-electron chi connectivity index (χ3n) is 4.02. The van der Waals surface area contributed by atoms with Gasteiger partial charge in [-0.2, -0.15) is 0 Å². The Kier molecular flexibility index (Phi) is 6.22. The zero-order chi connectivity index (χ0) is 17.6. The van der Waals surface area contributed by atoms with Crippen LogP contribution in [0.1, 0.15) is 39.3 Å². The van der Waals surface area contributed by atoms with Crippen LogP contribution in [0.2, 0.25) is 0 Å². The molecule has 0 spiro atoms. The maximum atomic E-state index is 12.2. The molecule has 1 aromatic rings. The molecule has 1 amide bonds. The third kappa shape index (κ3) is 5.54. The summed E-state index contributed by atoms with van der Waals surface area (Å²) >= 11 is 0. The molecule has 1 fully saturated rings. The fraction of sp³-hybridized carbons (Fsp3) is 0.579. The molecule has 0 radical (unpaired) electrons. The van der Waals surface area contributed by atoms with Crippen LogP contribution in [0.3, 0.4) is 0 Å². The Balaban J connectivity index is 1.91. The van der Waals surface area contributed by atoms with Gasteiger partial charge < -0.3 is 9.64 Å². The van der Waals surface area contributed by atoms with Crippen molar-refractivity contribution < 1.29 is 9.53 Å². The molecule has 5 heteroatoms. The quantitative estimate of drug-likeness (QED) is 0.797. The number of amides is 1. The minimum atomic E-state index is -0.456. The first kappa shape index (κ1) is 18.3. The molecule has 0 saturated carbocycles. The molecule has 0 aromatic carbocycles. The van der Waals surface area contributed by atoms with E-state index in [0.29, 0.717) is 25.7 Å². The first-order valence-corrected chi connectivity index (χ1v) is 8.44. The van der Waals surface area contributed by atoms with Gasteiger partial charge in [-0.3, -0.25) is 9.88 Å². The van der Waals surface area contributed by atoms with Crippen LogP contribution >= 0.6 is 0 Å². The van der Waals surface area contributed by atoms with Crippen LogP contribution in [-0.2, 0) is 11.3 Å². The number of nitrogens with zero attached hydrogens (tertiary/aromatic N) is 3. The van der Waals surface area contributed by atoms with E-state index in [2.05, 4.69) is 15.8 Å². The molecule has 1 aliphatic rings. The van der Waals surface area contributed by atoms with Gasteiger partial charge in [-0.15, -0.1) is 6.42 Å². The number of ether oxygens (including phenoxy) is 1. The molecule has 5 nitrogen and oxygen atoms in total. The second-order valence-corrected chi connectivity index (χ2v) is 7.13. The van der Waals surface area contributed by atoms with Crippen molar-refractivity contribution in [2.24, 2.45) is 0 Å². The van der Waals surface area contributed by atoms with Gasteiger partial charge in [-0.05, 0) is 45.7 Å². The van der Waals surface area contributed by atoms with Gasteiger partial charge >= 0.3 is 6.09 Å². The topological polar surface area (TPSA) is 45.7 Å². The molecule has 0 bridgehead atoms. The van der Waals surface area contributed by atoms with Crippen molar-refractivity contribution in [3.05, 3.63) is 30.1 Å². The molecule has 24 heavy (non-hydrogen) atoms. The Bertz CT molecular complexity index is 567. The highest BCUT2D eigenvalue weighted by atomic mass is 16.6. The molecule has 2 rings (SSSR count). The standard InChI is InChI=1S/C19H27N3O2/c1-5-12-22(15-16-8-6-7-11-20-16)17-9-13-21(14-10-17)18(23)24-19(2,3)4/h1,6-8,11,17H,9-10,12-15H2,2-4H3. The number of likely N-dealkylation sites (tertiary alicyclic amines) is 1. The van der Waals surface area contributed by atoms with Gasteiger partial charge in [-0.25, -0.2) is 4.79 Å². The van der Waals surface area contributed by atoms with Crippen molar-refractivity contribution in [1.82, 2.24) is 14.8 Å². The summed E-state index contributed by atoms with van der Waals surface area (Å²) in [6.07, 6.45) is 8.90. The van der Waals surface area contributed by atoms with E-state index in [-0.39, 0.29) is 6.09 Å². The lowest BCUT2D eigenvalue weighted by atomic mass is 10.0. The van der Waals surface area contributed by atoms with Crippen LogP contribution in [-0.4, -0.2) is 52.2 Å². The second-order valence-electron chi connectivity index (χ2n) is 7.13. The molecule has 0 N–H and O–H groups in total.